The van der Waals surface area contributed by atoms with Gasteiger partial charge >= 0.3 is 0 Å². The van der Waals surface area contributed by atoms with Crippen molar-refractivity contribution in [3.8, 4) is 0 Å². The molecule has 0 spiro atoms. The fraction of sp³-hybridized carbons (Fsp3) is 0.441. The first-order chi connectivity index (χ1) is 21.2. The summed E-state index contributed by atoms with van der Waals surface area (Å²) in [7, 11) is -3.58. The fourth-order valence-electron chi connectivity index (χ4n) is 6.77. The van der Waals surface area contributed by atoms with E-state index in [1.807, 2.05) is 6.07 Å². The van der Waals surface area contributed by atoms with Gasteiger partial charge in [0.1, 0.15) is 11.6 Å². The molecule has 10 heteroatoms. The number of carbonyl (C=O) groups is 1. The molecule has 0 radical (unpaired) electrons. The van der Waals surface area contributed by atoms with Crippen LogP contribution in [0.2, 0.25) is 0 Å². The molecule has 0 aromatic heterocycles. The van der Waals surface area contributed by atoms with Crippen LogP contribution in [0.25, 0.3) is 0 Å². The average Bonchev–Trinajstić information content (AvgIpc) is 3.04. The van der Waals surface area contributed by atoms with Crippen molar-refractivity contribution in [1.29, 1.82) is 0 Å². The molecule has 2 fully saturated rings. The summed E-state index contributed by atoms with van der Waals surface area (Å²) in [5.74, 6) is -1.39. The lowest BCUT2D eigenvalue weighted by atomic mass is 9.80. The third kappa shape index (κ3) is 7.72. The minimum absolute atomic E-state index is 0.0435. The molecule has 3 aromatic carbocycles. The lowest BCUT2D eigenvalue weighted by Crippen LogP contribution is -2.53. The van der Waals surface area contributed by atoms with Gasteiger partial charge in [-0.25, -0.2) is 17.2 Å². The number of sulfonamides is 1. The summed E-state index contributed by atoms with van der Waals surface area (Å²) in [6, 6.07) is 19.2. The van der Waals surface area contributed by atoms with E-state index in [-0.39, 0.29) is 35.5 Å². The van der Waals surface area contributed by atoms with Crippen LogP contribution >= 0.6 is 0 Å². The normalized spacial score (nSPS) is 22.0. The molecule has 44 heavy (non-hydrogen) atoms. The van der Waals surface area contributed by atoms with Gasteiger partial charge in [-0.3, -0.25) is 4.79 Å². The molecule has 1 saturated heterocycles. The minimum atomic E-state index is -3.58. The number of hydrogen-bond acceptors (Lipinski definition) is 5. The van der Waals surface area contributed by atoms with Gasteiger partial charge in [0.2, 0.25) is 15.9 Å². The number of nitrogens with two attached hydrogens (primary N) is 1. The second kappa shape index (κ2) is 14.7. The number of rotatable bonds is 11. The van der Waals surface area contributed by atoms with Crippen molar-refractivity contribution in [2.45, 2.75) is 73.9 Å². The summed E-state index contributed by atoms with van der Waals surface area (Å²) in [4.78, 5) is 13.9. The van der Waals surface area contributed by atoms with Crippen molar-refractivity contribution < 1.29 is 22.0 Å². The van der Waals surface area contributed by atoms with Crippen LogP contribution in [0.3, 0.4) is 0 Å². The Hall–Kier alpha value is -3.18. The van der Waals surface area contributed by atoms with Gasteiger partial charge in [0.25, 0.3) is 0 Å². The van der Waals surface area contributed by atoms with Gasteiger partial charge in [0.05, 0.1) is 10.9 Å². The SMILES string of the molecule is N[C@H](C(=O)N[C@@H]1CCCC[C@H]1CCC[C@H]1CNCCN1S(=O)(=O)c1ccccc1)C(c1ccc(F)cc1)c1ccc(F)cc1. The van der Waals surface area contributed by atoms with Crippen molar-refractivity contribution in [1.82, 2.24) is 14.9 Å². The van der Waals surface area contributed by atoms with E-state index in [4.69, 9.17) is 5.73 Å². The summed E-state index contributed by atoms with van der Waals surface area (Å²) in [6.45, 7) is 1.67. The molecule has 1 aliphatic heterocycles. The van der Waals surface area contributed by atoms with E-state index in [0.717, 1.165) is 44.9 Å². The van der Waals surface area contributed by atoms with Crippen LogP contribution in [0.15, 0.2) is 83.8 Å². The number of amides is 1. The molecule has 1 amide bonds. The standard InChI is InChI=1S/C34H42F2N4O3S/c35-27-17-13-25(14-18-27)32(26-15-19-28(36)20-16-26)33(37)34(41)39-31-12-5-4-7-24(31)8-6-9-29-23-38-21-22-40(29)44(42,43)30-10-2-1-3-11-30/h1-3,10-11,13-20,24,29,31-33,38H,4-9,12,21-23,37H2,(H,39,41)/t24-,29-,31+,33-/m0/s1. The Bertz CT molecular complexity index is 1430. The molecule has 236 valence electrons. The molecule has 1 aliphatic carbocycles. The van der Waals surface area contributed by atoms with Crippen LogP contribution in [0.4, 0.5) is 8.78 Å². The molecule has 1 saturated carbocycles. The molecule has 2 aliphatic rings. The Morgan fingerprint density at radius 1 is 0.909 bits per heavy atom. The fourth-order valence-corrected chi connectivity index (χ4v) is 8.45. The first kappa shape index (κ1) is 32.2. The van der Waals surface area contributed by atoms with Gasteiger partial charge in [-0.15, -0.1) is 0 Å². The molecular weight excluding hydrogens is 582 g/mol. The number of benzene rings is 3. The van der Waals surface area contributed by atoms with Gasteiger partial charge in [-0.1, -0.05) is 61.7 Å². The van der Waals surface area contributed by atoms with Gasteiger partial charge in [-0.2, -0.15) is 4.31 Å². The van der Waals surface area contributed by atoms with E-state index in [1.54, 1.807) is 52.8 Å². The molecule has 0 unspecified atom stereocenters. The third-order valence-corrected chi connectivity index (χ3v) is 11.1. The van der Waals surface area contributed by atoms with E-state index in [9.17, 15) is 22.0 Å². The minimum Gasteiger partial charge on any atom is -0.352 e. The number of nitrogens with zero attached hydrogens (tertiary/aromatic N) is 1. The number of carbonyl (C=O) groups excluding carboxylic acids is 1. The summed E-state index contributed by atoms with van der Waals surface area (Å²) in [6.07, 6.45) is 6.35. The van der Waals surface area contributed by atoms with Crippen LogP contribution in [0, 0.1) is 17.6 Å². The van der Waals surface area contributed by atoms with Crippen LogP contribution in [-0.2, 0) is 14.8 Å². The zero-order chi connectivity index (χ0) is 31.1. The summed E-state index contributed by atoms with van der Waals surface area (Å²) in [5, 5.41) is 6.57. The summed E-state index contributed by atoms with van der Waals surface area (Å²) in [5.41, 5.74) is 7.95. The van der Waals surface area contributed by atoms with E-state index >= 15 is 0 Å². The van der Waals surface area contributed by atoms with Crippen molar-refractivity contribution >= 4 is 15.9 Å². The highest BCUT2D eigenvalue weighted by Gasteiger charge is 2.35. The van der Waals surface area contributed by atoms with Crippen molar-refractivity contribution in [2.75, 3.05) is 19.6 Å². The van der Waals surface area contributed by atoms with E-state index in [2.05, 4.69) is 10.6 Å². The molecule has 5 rings (SSSR count). The second-order valence-electron chi connectivity index (χ2n) is 12.0. The maximum Gasteiger partial charge on any atom is 0.243 e. The lowest BCUT2D eigenvalue weighted by molar-refractivity contribution is -0.124. The first-order valence-electron chi connectivity index (χ1n) is 15.6. The Kier molecular flexibility index (Phi) is 10.8. The molecule has 0 bridgehead atoms. The highest BCUT2D eigenvalue weighted by molar-refractivity contribution is 7.89. The van der Waals surface area contributed by atoms with E-state index < -0.39 is 22.0 Å². The number of piperazine rings is 1. The van der Waals surface area contributed by atoms with Crippen molar-refractivity contribution in [3.63, 3.8) is 0 Å². The predicted octanol–water partition coefficient (Wildman–Crippen LogP) is 4.93. The Morgan fingerprint density at radius 2 is 1.52 bits per heavy atom. The highest BCUT2D eigenvalue weighted by atomic mass is 32.2. The van der Waals surface area contributed by atoms with Gasteiger partial charge in [0.15, 0.2) is 0 Å². The monoisotopic (exact) mass is 624 g/mol. The van der Waals surface area contributed by atoms with Gasteiger partial charge in [0, 0.05) is 37.6 Å². The number of hydrogen-bond donors (Lipinski definition) is 3. The largest absolute Gasteiger partial charge is 0.352 e. The Morgan fingerprint density at radius 3 is 2.16 bits per heavy atom. The van der Waals surface area contributed by atoms with E-state index in [1.165, 1.54) is 24.3 Å². The Balaban J connectivity index is 1.23. The highest BCUT2D eigenvalue weighted by Crippen LogP contribution is 2.32. The van der Waals surface area contributed by atoms with Crippen LogP contribution in [-0.4, -0.2) is 56.4 Å². The zero-order valence-corrected chi connectivity index (χ0v) is 25.7. The molecule has 4 N–H and O–H groups in total. The number of halogens is 2. The lowest BCUT2D eigenvalue weighted by Gasteiger charge is -2.37. The van der Waals surface area contributed by atoms with Crippen LogP contribution in [0.1, 0.15) is 62.0 Å². The van der Waals surface area contributed by atoms with Crippen molar-refractivity contribution in [3.05, 3.63) is 102 Å². The quantitative estimate of drug-likeness (QED) is 0.281. The molecule has 7 nitrogen and oxygen atoms in total. The number of nitrogens with one attached hydrogen (secondary N) is 2. The molecule has 3 aromatic rings. The van der Waals surface area contributed by atoms with Crippen LogP contribution < -0.4 is 16.4 Å². The van der Waals surface area contributed by atoms with Crippen molar-refractivity contribution in [2.24, 2.45) is 11.7 Å². The second-order valence-corrected chi connectivity index (χ2v) is 13.9. The maximum atomic E-state index is 13.7. The average molecular weight is 625 g/mol. The van der Waals surface area contributed by atoms with Gasteiger partial charge in [-0.05, 0) is 79.1 Å². The van der Waals surface area contributed by atoms with E-state index in [0.29, 0.717) is 35.7 Å². The molecule has 4 atom stereocenters. The predicted molar refractivity (Wildman–Crippen MR) is 167 cm³/mol. The zero-order valence-electron chi connectivity index (χ0n) is 24.9. The Labute approximate surface area is 259 Å². The van der Waals surface area contributed by atoms with Gasteiger partial charge < -0.3 is 16.4 Å². The molecule has 1 heterocycles. The first-order valence-corrected chi connectivity index (χ1v) is 17.0. The topological polar surface area (TPSA) is 105 Å². The summed E-state index contributed by atoms with van der Waals surface area (Å²) < 4.78 is 55.8. The smallest absolute Gasteiger partial charge is 0.243 e. The third-order valence-electron chi connectivity index (χ3n) is 9.12. The maximum absolute atomic E-state index is 13.7. The summed E-state index contributed by atoms with van der Waals surface area (Å²) >= 11 is 0. The molecular formula is C34H42F2N4O3S. The van der Waals surface area contributed by atoms with Crippen LogP contribution in [0.5, 0.6) is 0 Å².